The average molecular weight is 330 g/mol. The lowest BCUT2D eigenvalue weighted by Crippen LogP contribution is -2.48. The van der Waals surface area contributed by atoms with Crippen LogP contribution in [0.5, 0.6) is 0 Å². The molecule has 1 aliphatic heterocycles. The molecule has 1 aromatic rings. The SMILES string of the molecule is CC(CCc1ccco1)NS(=O)(=O)N1CCC(C(=O)O)CC1. The van der Waals surface area contributed by atoms with E-state index in [4.69, 9.17) is 9.52 Å². The minimum Gasteiger partial charge on any atom is -0.481 e. The molecule has 22 heavy (non-hydrogen) atoms. The maximum absolute atomic E-state index is 12.3. The number of carboxylic acid groups (broad SMARTS) is 1. The van der Waals surface area contributed by atoms with E-state index in [9.17, 15) is 13.2 Å². The van der Waals surface area contributed by atoms with Crippen LogP contribution >= 0.6 is 0 Å². The molecule has 2 N–H and O–H groups in total. The molecule has 1 unspecified atom stereocenters. The third kappa shape index (κ3) is 4.56. The van der Waals surface area contributed by atoms with Crippen molar-refractivity contribution < 1.29 is 22.7 Å². The number of aliphatic carboxylic acids is 1. The molecular weight excluding hydrogens is 308 g/mol. The summed E-state index contributed by atoms with van der Waals surface area (Å²) in [5, 5.41) is 8.94. The van der Waals surface area contributed by atoms with Gasteiger partial charge in [0.05, 0.1) is 12.2 Å². The van der Waals surface area contributed by atoms with Crippen LogP contribution < -0.4 is 4.72 Å². The molecule has 0 aliphatic carbocycles. The number of rotatable bonds is 7. The Kier molecular flexibility index (Phi) is 5.60. The largest absolute Gasteiger partial charge is 0.481 e. The maximum atomic E-state index is 12.3. The minimum absolute atomic E-state index is 0.215. The van der Waals surface area contributed by atoms with Crippen molar-refractivity contribution in [3.05, 3.63) is 24.2 Å². The van der Waals surface area contributed by atoms with Crippen LogP contribution in [0.15, 0.2) is 22.8 Å². The number of carbonyl (C=O) groups is 1. The first-order valence-electron chi connectivity index (χ1n) is 7.41. The van der Waals surface area contributed by atoms with Crippen molar-refractivity contribution in [2.75, 3.05) is 13.1 Å². The second-order valence-electron chi connectivity index (χ2n) is 5.65. The normalized spacial score (nSPS) is 19.1. The number of aryl methyl sites for hydroxylation is 1. The summed E-state index contributed by atoms with van der Waals surface area (Å²) in [6, 6.07) is 3.45. The van der Waals surface area contributed by atoms with E-state index in [1.54, 1.807) is 12.3 Å². The number of furan rings is 1. The summed E-state index contributed by atoms with van der Waals surface area (Å²) in [6.07, 6.45) is 3.61. The second-order valence-corrected chi connectivity index (χ2v) is 7.36. The predicted molar refractivity (Wildman–Crippen MR) is 80.5 cm³/mol. The van der Waals surface area contributed by atoms with Crippen LogP contribution in [0.25, 0.3) is 0 Å². The van der Waals surface area contributed by atoms with Crippen molar-refractivity contribution in [3.63, 3.8) is 0 Å². The van der Waals surface area contributed by atoms with Gasteiger partial charge >= 0.3 is 5.97 Å². The fourth-order valence-electron chi connectivity index (χ4n) is 2.54. The summed E-state index contributed by atoms with van der Waals surface area (Å²) in [7, 11) is -3.56. The summed E-state index contributed by atoms with van der Waals surface area (Å²) >= 11 is 0. The Morgan fingerprint density at radius 2 is 2.18 bits per heavy atom. The van der Waals surface area contributed by atoms with Crippen LogP contribution in [0.4, 0.5) is 0 Å². The summed E-state index contributed by atoms with van der Waals surface area (Å²) in [5.74, 6) is -0.465. The highest BCUT2D eigenvalue weighted by atomic mass is 32.2. The van der Waals surface area contributed by atoms with E-state index in [0.717, 1.165) is 5.76 Å². The number of piperidine rings is 1. The molecule has 1 fully saturated rings. The molecule has 1 aliphatic rings. The summed E-state index contributed by atoms with van der Waals surface area (Å²) in [4.78, 5) is 10.9. The minimum atomic E-state index is -3.56. The highest BCUT2D eigenvalue weighted by molar-refractivity contribution is 7.87. The van der Waals surface area contributed by atoms with Crippen LogP contribution in [0.1, 0.15) is 31.9 Å². The molecule has 0 aromatic carbocycles. The summed E-state index contributed by atoms with van der Waals surface area (Å²) in [6.45, 7) is 2.30. The number of hydrogen-bond acceptors (Lipinski definition) is 4. The zero-order valence-corrected chi connectivity index (χ0v) is 13.4. The zero-order valence-electron chi connectivity index (χ0n) is 12.6. The number of nitrogens with zero attached hydrogens (tertiary/aromatic N) is 1. The van der Waals surface area contributed by atoms with Gasteiger partial charge < -0.3 is 9.52 Å². The van der Waals surface area contributed by atoms with Crippen molar-refractivity contribution in [1.29, 1.82) is 0 Å². The molecule has 1 aromatic heterocycles. The average Bonchev–Trinajstić information content (AvgIpc) is 2.98. The second kappa shape index (κ2) is 7.26. The molecule has 0 saturated carbocycles. The molecule has 0 amide bonds. The lowest BCUT2D eigenvalue weighted by atomic mass is 9.99. The van der Waals surface area contributed by atoms with Gasteiger partial charge in [-0.15, -0.1) is 0 Å². The number of carboxylic acids is 1. The van der Waals surface area contributed by atoms with Crippen molar-refractivity contribution in [1.82, 2.24) is 9.03 Å². The van der Waals surface area contributed by atoms with E-state index in [0.29, 0.717) is 25.7 Å². The molecule has 0 spiro atoms. The lowest BCUT2D eigenvalue weighted by Gasteiger charge is -2.30. The van der Waals surface area contributed by atoms with E-state index in [2.05, 4.69) is 4.72 Å². The third-order valence-corrected chi connectivity index (χ3v) is 5.64. The van der Waals surface area contributed by atoms with Crippen molar-refractivity contribution >= 4 is 16.2 Å². The Morgan fingerprint density at radius 3 is 2.73 bits per heavy atom. The van der Waals surface area contributed by atoms with Crippen molar-refractivity contribution in [2.45, 2.75) is 38.6 Å². The summed E-state index contributed by atoms with van der Waals surface area (Å²) < 4.78 is 33.7. The quantitative estimate of drug-likeness (QED) is 0.783. The molecule has 124 valence electrons. The van der Waals surface area contributed by atoms with Crippen molar-refractivity contribution in [3.8, 4) is 0 Å². The zero-order chi connectivity index (χ0) is 16.2. The molecule has 1 saturated heterocycles. The standard InChI is InChI=1S/C14H22N2O5S/c1-11(4-5-13-3-2-10-21-13)15-22(19,20)16-8-6-12(7-9-16)14(17)18/h2-3,10-12,15H,4-9H2,1H3,(H,17,18). The monoisotopic (exact) mass is 330 g/mol. The Labute approximate surface area is 130 Å². The van der Waals surface area contributed by atoms with E-state index in [1.807, 2.05) is 13.0 Å². The van der Waals surface area contributed by atoms with Crippen LogP contribution in [0, 0.1) is 5.92 Å². The van der Waals surface area contributed by atoms with E-state index >= 15 is 0 Å². The molecule has 2 rings (SSSR count). The molecular formula is C14H22N2O5S. The van der Waals surface area contributed by atoms with Gasteiger partial charge in [-0.05, 0) is 38.3 Å². The van der Waals surface area contributed by atoms with E-state index in [-0.39, 0.29) is 19.1 Å². The van der Waals surface area contributed by atoms with Gasteiger partial charge in [0.1, 0.15) is 5.76 Å². The Balaban J connectivity index is 1.81. The van der Waals surface area contributed by atoms with Gasteiger partial charge in [0.25, 0.3) is 10.2 Å². The van der Waals surface area contributed by atoms with Gasteiger partial charge in [0.2, 0.25) is 0 Å². The highest BCUT2D eigenvalue weighted by Crippen LogP contribution is 2.19. The first-order chi connectivity index (χ1) is 10.4. The maximum Gasteiger partial charge on any atom is 0.306 e. The van der Waals surface area contributed by atoms with Crippen molar-refractivity contribution in [2.24, 2.45) is 5.92 Å². The lowest BCUT2D eigenvalue weighted by molar-refractivity contribution is -0.142. The van der Waals surface area contributed by atoms with E-state index in [1.165, 1.54) is 4.31 Å². The van der Waals surface area contributed by atoms with Gasteiger partial charge in [0, 0.05) is 25.6 Å². The number of hydrogen-bond donors (Lipinski definition) is 2. The molecule has 1 atom stereocenters. The topological polar surface area (TPSA) is 99.9 Å². The van der Waals surface area contributed by atoms with Gasteiger partial charge in [-0.3, -0.25) is 4.79 Å². The molecule has 2 heterocycles. The van der Waals surface area contributed by atoms with Crippen LogP contribution in [-0.2, 0) is 21.4 Å². The van der Waals surface area contributed by atoms with Gasteiger partial charge in [-0.2, -0.15) is 17.4 Å². The first kappa shape index (κ1) is 17.0. The van der Waals surface area contributed by atoms with Crippen LogP contribution in [0.2, 0.25) is 0 Å². The van der Waals surface area contributed by atoms with Gasteiger partial charge in [-0.1, -0.05) is 0 Å². The highest BCUT2D eigenvalue weighted by Gasteiger charge is 2.31. The van der Waals surface area contributed by atoms with Gasteiger partial charge in [-0.25, -0.2) is 0 Å². The molecule has 0 bridgehead atoms. The molecule has 7 nitrogen and oxygen atoms in total. The van der Waals surface area contributed by atoms with E-state index < -0.39 is 22.1 Å². The number of nitrogens with one attached hydrogen (secondary N) is 1. The Morgan fingerprint density at radius 1 is 1.50 bits per heavy atom. The van der Waals surface area contributed by atoms with Gasteiger partial charge in [0.15, 0.2) is 0 Å². The Bertz CT molecular complexity index is 576. The summed E-state index contributed by atoms with van der Waals surface area (Å²) in [5.41, 5.74) is 0. The third-order valence-electron chi connectivity index (χ3n) is 3.90. The molecule has 0 radical (unpaired) electrons. The molecule has 8 heteroatoms. The first-order valence-corrected chi connectivity index (χ1v) is 8.85. The fraction of sp³-hybridized carbons (Fsp3) is 0.643. The smallest absolute Gasteiger partial charge is 0.306 e. The predicted octanol–water partition coefficient (Wildman–Crippen LogP) is 1.23. The fourth-order valence-corrected chi connectivity index (χ4v) is 4.01. The van der Waals surface area contributed by atoms with Crippen LogP contribution in [0.3, 0.4) is 0 Å². The van der Waals surface area contributed by atoms with Crippen LogP contribution in [-0.4, -0.2) is 42.9 Å². The Hall–Kier alpha value is -1.38.